The van der Waals surface area contributed by atoms with Gasteiger partial charge < -0.3 is 10.2 Å². The van der Waals surface area contributed by atoms with Crippen LogP contribution in [-0.2, 0) is 9.63 Å². The van der Waals surface area contributed by atoms with Crippen molar-refractivity contribution in [2.45, 2.75) is 115 Å². The van der Waals surface area contributed by atoms with Gasteiger partial charge in [0.05, 0.1) is 12.1 Å². The molecule has 0 radical (unpaired) electrons. The predicted molar refractivity (Wildman–Crippen MR) is 117 cm³/mol. The van der Waals surface area contributed by atoms with Crippen molar-refractivity contribution >= 4 is 11.6 Å². The van der Waals surface area contributed by atoms with E-state index in [1.54, 1.807) is 0 Å². The van der Waals surface area contributed by atoms with Crippen molar-refractivity contribution in [1.29, 1.82) is 0 Å². The van der Waals surface area contributed by atoms with Crippen LogP contribution in [0.1, 0.15) is 115 Å². The average molecular weight is 363 g/mol. The molecule has 0 aliphatic heterocycles. The van der Waals surface area contributed by atoms with E-state index in [1.807, 2.05) is 69.2 Å². The maximum absolute atomic E-state index is 11.4. The van der Waals surface area contributed by atoms with Crippen LogP contribution in [0.25, 0.3) is 0 Å². The summed E-state index contributed by atoms with van der Waals surface area (Å²) < 4.78 is 0. The third-order valence-electron chi connectivity index (χ3n) is 2.53. The van der Waals surface area contributed by atoms with Crippen LogP contribution < -0.4 is 5.32 Å². The molecule has 1 N–H and O–H groups in total. The van der Waals surface area contributed by atoms with Crippen molar-refractivity contribution in [2.75, 3.05) is 13.2 Å². The Kier molecular flexibility index (Phi) is 61.1. The monoisotopic (exact) mass is 362 g/mol. The van der Waals surface area contributed by atoms with Crippen molar-refractivity contribution in [2.24, 2.45) is 5.16 Å². The Morgan fingerprint density at radius 3 is 1.72 bits per heavy atom. The Balaban J connectivity index is -0.000000145. The molecule has 0 aromatic carbocycles. The molecule has 0 aliphatic rings. The number of carbonyl (C=O) groups excluding carboxylic acids is 1. The molecule has 25 heavy (non-hydrogen) atoms. The standard InChI is InChI=1S/C13H26N2O2.4C2H6/c1-4-7-8-10-14-13(16)9-11-17-15-12(5-2)6-3;4*1-2/h4-11H2,1-3H3,(H,14,16);4*1-2H3. The molecule has 0 saturated heterocycles. The molecule has 0 saturated carbocycles. The van der Waals surface area contributed by atoms with Gasteiger partial charge in [0, 0.05) is 6.54 Å². The smallest absolute Gasteiger partial charge is 0.223 e. The van der Waals surface area contributed by atoms with Crippen LogP contribution in [0.4, 0.5) is 0 Å². The number of unbranched alkanes of at least 4 members (excludes halogenated alkanes) is 2. The fourth-order valence-electron chi connectivity index (χ4n) is 1.35. The van der Waals surface area contributed by atoms with Gasteiger partial charge in [-0.3, -0.25) is 4.79 Å². The van der Waals surface area contributed by atoms with Gasteiger partial charge in [0.25, 0.3) is 0 Å². The lowest BCUT2D eigenvalue weighted by molar-refractivity contribution is -0.122. The molecule has 1 amide bonds. The molecular formula is C21H50N2O2. The summed E-state index contributed by atoms with van der Waals surface area (Å²) in [6, 6.07) is 0. The Labute approximate surface area is 160 Å². The number of carbonyl (C=O) groups is 1. The van der Waals surface area contributed by atoms with Crippen LogP contribution in [0.5, 0.6) is 0 Å². The second-order valence-electron chi connectivity index (χ2n) is 4.00. The lowest BCUT2D eigenvalue weighted by Gasteiger charge is -2.04. The van der Waals surface area contributed by atoms with Gasteiger partial charge >= 0.3 is 0 Å². The second-order valence-corrected chi connectivity index (χ2v) is 4.00. The Hall–Kier alpha value is -1.06. The van der Waals surface area contributed by atoms with Gasteiger partial charge in [0.2, 0.25) is 5.91 Å². The summed E-state index contributed by atoms with van der Waals surface area (Å²) in [7, 11) is 0. The highest BCUT2D eigenvalue weighted by atomic mass is 16.6. The van der Waals surface area contributed by atoms with Crippen molar-refractivity contribution in [1.82, 2.24) is 5.32 Å². The van der Waals surface area contributed by atoms with Gasteiger partial charge in [-0.2, -0.15) is 0 Å². The van der Waals surface area contributed by atoms with E-state index in [9.17, 15) is 4.79 Å². The third-order valence-corrected chi connectivity index (χ3v) is 2.53. The van der Waals surface area contributed by atoms with Crippen LogP contribution >= 0.6 is 0 Å². The summed E-state index contributed by atoms with van der Waals surface area (Å²) in [5.41, 5.74) is 1.04. The van der Waals surface area contributed by atoms with E-state index in [0.29, 0.717) is 13.0 Å². The van der Waals surface area contributed by atoms with E-state index in [-0.39, 0.29) is 5.91 Å². The first-order chi connectivity index (χ1) is 12.2. The minimum absolute atomic E-state index is 0.0471. The lowest BCUT2D eigenvalue weighted by Crippen LogP contribution is -2.25. The summed E-state index contributed by atoms with van der Waals surface area (Å²) in [5.74, 6) is 0.0471. The molecule has 0 aromatic rings. The topological polar surface area (TPSA) is 50.7 Å². The third kappa shape index (κ3) is 39.6. The maximum atomic E-state index is 11.4. The molecule has 0 spiro atoms. The Morgan fingerprint density at radius 2 is 1.32 bits per heavy atom. The van der Waals surface area contributed by atoms with Crippen LogP contribution in [0.2, 0.25) is 0 Å². The number of rotatable bonds is 10. The zero-order valence-electron chi connectivity index (χ0n) is 19.4. The highest BCUT2D eigenvalue weighted by molar-refractivity contribution is 5.83. The van der Waals surface area contributed by atoms with Gasteiger partial charge in [0.15, 0.2) is 0 Å². The summed E-state index contributed by atoms with van der Waals surface area (Å²) in [6.45, 7) is 23.4. The second kappa shape index (κ2) is 43.5. The van der Waals surface area contributed by atoms with Gasteiger partial charge in [-0.15, -0.1) is 0 Å². The van der Waals surface area contributed by atoms with Crippen molar-refractivity contribution < 1.29 is 9.63 Å². The van der Waals surface area contributed by atoms with E-state index < -0.39 is 0 Å². The number of nitrogens with zero attached hydrogens (tertiary/aromatic N) is 1. The molecule has 0 fully saturated rings. The summed E-state index contributed by atoms with van der Waals surface area (Å²) in [6.07, 6.45) is 5.58. The number of oxime groups is 1. The molecule has 4 nitrogen and oxygen atoms in total. The van der Waals surface area contributed by atoms with Crippen LogP contribution in [0.3, 0.4) is 0 Å². The summed E-state index contributed by atoms with van der Waals surface area (Å²) in [5, 5.41) is 6.85. The highest BCUT2D eigenvalue weighted by Gasteiger charge is 2.00. The molecule has 0 aromatic heterocycles. The van der Waals surface area contributed by atoms with Crippen molar-refractivity contribution in [3.63, 3.8) is 0 Å². The van der Waals surface area contributed by atoms with E-state index in [2.05, 4.69) is 17.4 Å². The molecule has 0 rings (SSSR count). The average Bonchev–Trinajstić information content (AvgIpc) is 2.71. The van der Waals surface area contributed by atoms with E-state index >= 15 is 0 Å². The molecule has 156 valence electrons. The molecule has 4 heteroatoms. The zero-order valence-corrected chi connectivity index (χ0v) is 19.4. The first kappa shape index (κ1) is 35.1. The molecule has 0 aliphatic carbocycles. The first-order valence-electron chi connectivity index (χ1n) is 10.7. The van der Waals surface area contributed by atoms with Gasteiger partial charge in [-0.1, -0.05) is 94.2 Å². The Bertz CT molecular complexity index is 224. The van der Waals surface area contributed by atoms with E-state index in [0.717, 1.165) is 37.9 Å². The fourth-order valence-corrected chi connectivity index (χ4v) is 1.35. The largest absolute Gasteiger partial charge is 0.395 e. The van der Waals surface area contributed by atoms with Crippen molar-refractivity contribution in [3.8, 4) is 0 Å². The highest BCUT2D eigenvalue weighted by Crippen LogP contribution is 1.94. The van der Waals surface area contributed by atoms with Gasteiger partial charge in [0.1, 0.15) is 6.61 Å². The van der Waals surface area contributed by atoms with Gasteiger partial charge in [-0.25, -0.2) is 0 Å². The molecular weight excluding hydrogens is 312 g/mol. The van der Waals surface area contributed by atoms with Crippen LogP contribution in [-0.4, -0.2) is 24.8 Å². The summed E-state index contributed by atoms with van der Waals surface area (Å²) in [4.78, 5) is 16.5. The lowest BCUT2D eigenvalue weighted by atomic mass is 10.2. The molecule has 0 bridgehead atoms. The molecule has 0 unspecified atom stereocenters. The number of hydrogen-bond acceptors (Lipinski definition) is 3. The predicted octanol–water partition coefficient (Wildman–Crippen LogP) is 6.98. The number of amides is 1. The van der Waals surface area contributed by atoms with E-state index in [1.165, 1.54) is 6.42 Å². The molecule has 0 atom stereocenters. The quantitative estimate of drug-likeness (QED) is 0.259. The fraction of sp³-hybridized carbons (Fsp3) is 0.905. The van der Waals surface area contributed by atoms with Crippen LogP contribution in [0.15, 0.2) is 5.16 Å². The minimum Gasteiger partial charge on any atom is -0.395 e. The normalized spacial score (nSPS) is 7.64. The SMILES string of the molecule is CC.CC.CC.CC.CCCCCNC(=O)CCON=C(CC)CC. The van der Waals surface area contributed by atoms with E-state index in [4.69, 9.17) is 4.84 Å². The maximum Gasteiger partial charge on any atom is 0.223 e. The number of nitrogens with one attached hydrogen (secondary N) is 1. The van der Waals surface area contributed by atoms with Crippen molar-refractivity contribution in [3.05, 3.63) is 0 Å². The van der Waals surface area contributed by atoms with Gasteiger partial charge in [-0.05, 0) is 19.3 Å². The van der Waals surface area contributed by atoms with Crippen LogP contribution in [0, 0.1) is 0 Å². The summed E-state index contributed by atoms with van der Waals surface area (Å²) >= 11 is 0. The first-order valence-corrected chi connectivity index (χ1v) is 10.7. The minimum atomic E-state index is 0.0471. The molecule has 0 heterocycles. The zero-order chi connectivity index (χ0) is 20.9. The Morgan fingerprint density at radius 1 is 0.840 bits per heavy atom. The number of hydrogen-bond donors (Lipinski definition) is 1.